The molecule has 2 aromatic rings. The fourth-order valence-corrected chi connectivity index (χ4v) is 5.73. The first-order chi connectivity index (χ1) is 13.6. The minimum atomic E-state index is -4.84. The van der Waals surface area contributed by atoms with Gasteiger partial charge < -0.3 is 9.11 Å². The van der Waals surface area contributed by atoms with Crippen LogP contribution in [0.3, 0.4) is 0 Å². The van der Waals surface area contributed by atoms with E-state index in [1.165, 1.54) is 24.3 Å². The van der Waals surface area contributed by atoms with Crippen LogP contribution in [-0.2, 0) is 48.8 Å². The zero-order valence-electron chi connectivity index (χ0n) is 15.9. The Bertz CT molecular complexity index is 1230. The summed E-state index contributed by atoms with van der Waals surface area (Å²) in [4.78, 5) is -2.93. The van der Waals surface area contributed by atoms with E-state index in [0.717, 1.165) is 38.5 Å². The van der Waals surface area contributed by atoms with Crippen LogP contribution in [0.15, 0.2) is 68.1 Å². The van der Waals surface area contributed by atoms with Crippen LogP contribution in [0, 0.1) is 0 Å². The van der Waals surface area contributed by atoms with Crippen molar-refractivity contribution in [3.8, 4) is 0 Å². The van der Waals surface area contributed by atoms with Crippen molar-refractivity contribution in [1.29, 1.82) is 0 Å². The molecule has 12 nitrogen and oxygen atoms in total. The van der Waals surface area contributed by atoms with Crippen LogP contribution < -0.4 is 0 Å². The Balaban J connectivity index is 0.000000562. The zero-order valence-corrected chi connectivity index (χ0v) is 21.3. The Hall–Kier alpha value is -0.660. The van der Waals surface area contributed by atoms with E-state index in [4.69, 9.17) is 0 Å². The second kappa shape index (κ2) is 11.5. The molecule has 0 atom stereocenters. The molecule has 0 amide bonds. The summed E-state index contributed by atoms with van der Waals surface area (Å²) < 4.78 is 118. The van der Waals surface area contributed by atoms with Crippen molar-refractivity contribution in [3.05, 3.63) is 48.5 Å². The summed E-state index contributed by atoms with van der Waals surface area (Å²) in [5, 5.41) is 0. The monoisotopic (exact) mass is 542 g/mol. The van der Waals surface area contributed by atoms with Gasteiger partial charge in [-0.2, -0.15) is 16.8 Å². The number of rotatable bonds is 6. The maximum absolute atomic E-state index is 11.2. The van der Waals surface area contributed by atoms with E-state index < -0.39 is 60.1 Å². The van der Waals surface area contributed by atoms with Crippen LogP contribution >= 0.6 is 0 Å². The van der Waals surface area contributed by atoms with Crippen LogP contribution in [0.1, 0.15) is 0 Å². The van der Waals surface area contributed by atoms with Gasteiger partial charge in [0.25, 0.3) is 20.2 Å². The van der Waals surface area contributed by atoms with Gasteiger partial charge >= 0.3 is 37.7 Å². The van der Waals surface area contributed by atoms with Gasteiger partial charge in [0.2, 0.25) is 0 Å². The maximum Gasteiger partial charge on any atom is 2.00 e. The van der Waals surface area contributed by atoms with Gasteiger partial charge in [0.15, 0.2) is 0 Å². The average molecular weight is 543 g/mol. The molecule has 168 valence electrons. The van der Waals surface area contributed by atoms with Crippen molar-refractivity contribution in [2.75, 3.05) is 14.2 Å². The molecule has 0 aliphatic heterocycles. The first kappa shape index (κ1) is 30.3. The fourth-order valence-electron chi connectivity index (χ4n) is 1.91. The molecule has 0 heterocycles. The predicted molar refractivity (Wildman–Crippen MR) is 103 cm³/mol. The van der Waals surface area contributed by atoms with E-state index in [0.29, 0.717) is 0 Å². The van der Waals surface area contributed by atoms with Crippen LogP contribution in [-0.4, -0.2) is 94.7 Å². The molecule has 0 N–H and O–H groups in total. The van der Waals surface area contributed by atoms with Crippen LogP contribution in [0.2, 0.25) is 0 Å². The predicted octanol–water partition coefficient (Wildman–Crippen LogP) is -0.529. The van der Waals surface area contributed by atoms with Gasteiger partial charge in [0, 0.05) is 0 Å². The molecule has 0 spiro atoms. The number of hydrogen-bond donors (Lipinski definition) is 0. The van der Waals surface area contributed by atoms with Crippen molar-refractivity contribution in [1.82, 2.24) is 0 Å². The summed E-state index contributed by atoms with van der Waals surface area (Å²) in [6.45, 7) is 0. The summed E-state index contributed by atoms with van der Waals surface area (Å²) in [7, 11) is -16.3. The Morgan fingerprint density at radius 2 is 0.774 bits per heavy atom. The molecule has 2 rings (SSSR count). The largest absolute Gasteiger partial charge is 2.00 e. The minimum absolute atomic E-state index is 0. The van der Waals surface area contributed by atoms with E-state index in [1.54, 1.807) is 0 Å². The van der Waals surface area contributed by atoms with Gasteiger partial charge in [-0.25, -0.2) is 16.8 Å². The first-order valence-electron chi connectivity index (χ1n) is 7.29. The van der Waals surface area contributed by atoms with Crippen molar-refractivity contribution in [3.63, 3.8) is 0 Å². The number of hydrogen-bond acceptors (Lipinski definition) is 12. The molecule has 31 heavy (non-hydrogen) atoms. The quantitative estimate of drug-likeness (QED) is 0.257. The summed E-state index contributed by atoms with van der Waals surface area (Å²) in [5.41, 5.74) is 0. The van der Waals surface area contributed by atoms with Gasteiger partial charge in [-0.15, -0.1) is 0 Å². The standard InChI is InChI=1S/2C7H8O6S2.Ca/c2*1-13-15(11,12)7-5-3-2-4-6(7)14(8,9)10;/h2*2-5H,1H3,(H,8,9,10);/q;;+2/p-2. The third-order valence-corrected chi connectivity index (χ3v) is 7.93. The molecule has 0 bridgehead atoms. The van der Waals surface area contributed by atoms with Crippen molar-refractivity contribution in [2.45, 2.75) is 19.6 Å². The summed E-state index contributed by atoms with van der Waals surface area (Å²) in [6, 6.07) is 8.88. The molecule has 2 aromatic carbocycles. The molecule has 0 aliphatic rings. The Labute approximate surface area is 209 Å². The molecule has 0 unspecified atom stereocenters. The smallest absolute Gasteiger partial charge is 0.744 e. The molecule has 0 saturated heterocycles. The molecule has 0 aliphatic carbocycles. The van der Waals surface area contributed by atoms with Crippen molar-refractivity contribution < 1.29 is 51.1 Å². The molecule has 17 heteroatoms. The Kier molecular flexibility index (Phi) is 11.2. The SMILES string of the molecule is COS(=O)(=O)c1ccccc1S(=O)(=O)[O-].COS(=O)(=O)c1ccccc1S(=O)(=O)[O-].[Ca+2]. The van der Waals surface area contributed by atoms with E-state index in [2.05, 4.69) is 8.37 Å². The van der Waals surface area contributed by atoms with E-state index in [1.807, 2.05) is 0 Å². The molecular formula is C14H14CaO12S4. The Morgan fingerprint density at radius 1 is 0.548 bits per heavy atom. The zero-order chi connectivity index (χ0) is 23.4. The average Bonchev–Trinajstić information content (AvgIpc) is 2.67. The Morgan fingerprint density at radius 3 is 0.968 bits per heavy atom. The van der Waals surface area contributed by atoms with Gasteiger partial charge in [0.1, 0.15) is 30.0 Å². The molecule has 0 saturated carbocycles. The normalized spacial score (nSPS) is 12.3. The first-order valence-corrected chi connectivity index (χ1v) is 12.9. The maximum atomic E-state index is 11.2. The minimum Gasteiger partial charge on any atom is -0.744 e. The topological polar surface area (TPSA) is 201 Å². The molecular weight excluding hydrogens is 528 g/mol. The molecule has 0 radical (unpaired) electrons. The summed E-state index contributed by atoms with van der Waals surface area (Å²) in [6.07, 6.45) is 0. The van der Waals surface area contributed by atoms with Gasteiger partial charge in [0.05, 0.1) is 24.0 Å². The van der Waals surface area contributed by atoms with Crippen molar-refractivity contribution in [2.24, 2.45) is 0 Å². The van der Waals surface area contributed by atoms with E-state index >= 15 is 0 Å². The second-order valence-electron chi connectivity index (χ2n) is 5.04. The van der Waals surface area contributed by atoms with Gasteiger partial charge in [-0.05, 0) is 24.3 Å². The van der Waals surface area contributed by atoms with Crippen LogP contribution in [0.4, 0.5) is 0 Å². The van der Waals surface area contributed by atoms with Crippen molar-refractivity contribution >= 4 is 78.2 Å². The molecule has 0 aromatic heterocycles. The van der Waals surface area contributed by atoms with Crippen LogP contribution in [0.25, 0.3) is 0 Å². The van der Waals surface area contributed by atoms with E-state index in [9.17, 15) is 42.8 Å². The van der Waals surface area contributed by atoms with Crippen LogP contribution in [0.5, 0.6) is 0 Å². The summed E-state index contributed by atoms with van der Waals surface area (Å²) >= 11 is 0. The molecule has 0 fully saturated rings. The number of benzene rings is 2. The van der Waals surface area contributed by atoms with Gasteiger partial charge in [-0.1, -0.05) is 24.3 Å². The third-order valence-electron chi connectivity index (χ3n) is 3.21. The fraction of sp³-hybridized carbons (Fsp3) is 0.143. The second-order valence-corrected chi connectivity index (χ2v) is 11.1. The van der Waals surface area contributed by atoms with Gasteiger partial charge in [-0.3, -0.25) is 8.37 Å². The summed E-state index contributed by atoms with van der Waals surface area (Å²) in [5.74, 6) is 0. The van der Waals surface area contributed by atoms with E-state index in [-0.39, 0.29) is 37.7 Å². The third kappa shape index (κ3) is 8.32.